The first kappa shape index (κ1) is 13.3. The Morgan fingerprint density at radius 2 is 1.81 bits per heavy atom. The quantitative estimate of drug-likeness (QED) is 0.796. The maximum atomic E-state index is 12.1. The van der Waals surface area contributed by atoms with Gasteiger partial charge < -0.3 is 5.32 Å². The van der Waals surface area contributed by atoms with E-state index in [2.05, 4.69) is 10.3 Å². The molecular weight excluding hydrogens is 260 g/mol. The molecular formula is C18H16N2O. The zero-order chi connectivity index (χ0) is 14.7. The van der Waals surface area contributed by atoms with Gasteiger partial charge in [-0.05, 0) is 30.7 Å². The van der Waals surface area contributed by atoms with Gasteiger partial charge in [-0.3, -0.25) is 9.78 Å². The third-order valence-corrected chi connectivity index (χ3v) is 3.47. The molecule has 0 radical (unpaired) electrons. The lowest BCUT2D eigenvalue weighted by Gasteiger charge is -2.08. The molecule has 0 saturated heterocycles. The van der Waals surface area contributed by atoms with Crippen molar-refractivity contribution in [3.63, 3.8) is 0 Å². The van der Waals surface area contributed by atoms with Crippen LogP contribution < -0.4 is 5.32 Å². The first-order valence-electron chi connectivity index (χ1n) is 6.91. The summed E-state index contributed by atoms with van der Waals surface area (Å²) in [5, 5.41) is 4.03. The third kappa shape index (κ3) is 2.92. The van der Waals surface area contributed by atoms with E-state index in [1.165, 1.54) is 0 Å². The van der Waals surface area contributed by atoms with Crippen LogP contribution in [0.25, 0.3) is 10.9 Å². The molecule has 3 heteroatoms. The van der Waals surface area contributed by atoms with Crippen molar-refractivity contribution < 1.29 is 4.79 Å². The fraction of sp³-hybridized carbons (Fsp3) is 0.111. The summed E-state index contributed by atoms with van der Waals surface area (Å²) in [7, 11) is 0. The molecule has 2 aromatic carbocycles. The van der Waals surface area contributed by atoms with Crippen molar-refractivity contribution in [2.24, 2.45) is 0 Å². The number of nitrogens with zero attached hydrogens (tertiary/aromatic N) is 1. The van der Waals surface area contributed by atoms with Crippen LogP contribution in [0.3, 0.4) is 0 Å². The molecule has 1 aromatic heterocycles. The number of benzene rings is 2. The molecule has 0 atom stereocenters. The van der Waals surface area contributed by atoms with Gasteiger partial charge in [0.1, 0.15) is 0 Å². The van der Waals surface area contributed by atoms with Crippen molar-refractivity contribution in [1.82, 2.24) is 10.3 Å². The van der Waals surface area contributed by atoms with E-state index < -0.39 is 0 Å². The van der Waals surface area contributed by atoms with Gasteiger partial charge in [-0.2, -0.15) is 0 Å². The van der Waals surface area contributed by atoms with Gasteiger partial charge in [0.2, 0.25) is 0 Å². The molecule has 0 bridgehead atoms. The maximum absolute atomic E-state index is 12.1. The van der Waals surface area contributed by atoms with Crippen molar-refractivity contribution in [1.29, 1.82) is 0 Å². The molecule has 0 spiro atoms. The van der Waals surface area contributed by atoms with E-state index in [0.29, 0.717) is 12.1 Å². The van der Waals surface area contributed by atoms with Crippen LogP contribution in [0.15, 0.2) is 60.8 Å². The molecule has 1 heterocycles. The molecule has 104 valence electrons. The number of rotatable bonds is 3. The van der Waals surface area contributed by atoms with Crippen LogP contribution in [0.1, 0.15) is 21.5 Å². The summed E-state index contributed by atoms with van der Waals surface area (Å²) in [6.45, 7) is 2.48. The van der Waals surface area contributed by atoms with E-state index in [0.717, 1.165) is 22.0 Å². The highest BCUT2D eigenvalue weighted by Crippen LogP contribution is 2.15. The van der Waals surface area contributed by atoms with Gasteiger partial charge in [0.25, 0.3) is 5.91 Å². The summed E-state index contributed by atoms with van der Waals surface area (Å²) in [5.74, 6) is -0.0667. The normalized spacial score (nSPS) is 10.5. The zero-order valence-electron chi connectivity index (χ0n) is 11.8. The minimum Gasteiger partial charge on any atom is -0.348 e. The van der Waals surface area contributed by atoms with Crippen molar-refractivity contribution in [2.45, 2.75) is 13.5 Å². The molecule has 3 aromatic rings. The van der Waals surface area contributed by atoms with Gasteiger partial charge in [-0.15, -0.1) is 0 Å². The van der Waals surface area contributed by atoms with E-state index in [4.69, 9.17) is 0 Å². The summed E-state index contributed by atoms with van der Waals surface area (Å²) < 4.78 is 0. The van der Waals surface area contributed by atoms with Crippen LogP contribution in [-0.4, -0.2) is 10.9 Å². The number of hydrogen-bond acceptors (Lipinski definition) is 2. The molecule has 3 rings (SSSR count). The van der Waals surface area contributed by atoms with E-state index in [1.807, 2.05) is 61.5 Å². The van der Waals surface area contributed by atoms with Crippen LogP contribution in [0.4, 0.5) is 0 Å². The van der Waals surface area contributed by atoms with Gasteiger partial charge in [-0.1, -0.05) is 42.0 Å². The molecule has 0 aliphatic rings. The Kier molecular flexibility index (Phi) is 3.65. The molecule has 1 amide bonds. The molecule has 0 fully saturated rings. The summed E-state index contributed by atoms with van der Waals surface area (Å²) in [6.07, 6.45) is 1.77. The standard InChI is InChI=1S/C18H16N2O/c1-13-7-9-15(10-8-13)18(21)20-12-16-5-2-4-14-6-3-11-19-17(14)16/h2-11H,12H2,1H3,(H,20,21). The van der Waals surface area contributed by atoms with Crippen LogP contribution in [-0.2, 0) is 6.54 Å². The smallest absolute Gasteiger partial charge is 0.251 e. The molecule has 3 nitrogen and oxygen atoms in total. The second-order valence-corrected chi connectivity index (χ2v) is 5.04. The van der Waals surface area contributed by atoms with Crippen LogP contribution >= 0.6 is 0 Å². The van der Waals surface area contributed by atoms with Gasteiger partial charge in [0.15, 0.2) is 0 Å². The third-order valence-electron chi connectivity index (χ3n) is 3.47. The molecule has 0 aliphatic carbocycles. The van der Waals surface area contributed by atoms with E-state index in [1.54, 1.807) is 6.20 Å². The first-order chi connectivity index (χ1) is 10.2. The number of aromatic nitrogens is 1. The monoisotopic (exact) mass is 276 g/mol. The highest BCUT2D eigenvalue weighted by Gasteiger charge is 2.06. The van der Waals surface area contributed by atoms with Gasteiger partial charge >= 0.3 is 0 Å². The Hall–Kier alpha value is -2.68. The Balaban J connectivity index is 1.77. The van der Waals surface area contributed by atoms with Gasteiger partial charge in [-0.25, -0.2) is 0 Å². The predicted molar refractivity (Wildman–Crippen MR) is 84.1 cm³/mol. The topological polar surface area (TPSA) is 42.0 Å². The van der Waals surface area contributed by atoms with Crippen LogP contribution in [0, 0.1) is 6.92 Å². The summed E-state index contributed by atoms with van der Waals surface area (Å²) in [6, 6.07) is 17.5. The Bertz CT molecular complexity index is 773. The molecule has 1 N–H and O–H groups in total. The Morgan fingerprint density at radius 1 is 1.05 bits per heavy atom. The predicted octanol–water partition coefficient (Wildman–Crippen LogP) is 3.47. The summed E-state index contributed by atoms with van der Waals surface area (Å²) in [5.41, 5.74) is 3.77. The second kappa shape index (κ2) is 5.75. The van der Waals surface area contributed by atoms with Crippen molar-refractivity contribution >= 4 is 16.8 Å². The molecule has 0 saturated carbocycles. The number of aryl methyl sites for hydroxylation is 1. The minimum atomic E-state index is -0.0667. The van der Waals surface area contributed by atoms with E-state index in [-0.39, 0.29) is 5.91 Å². The summed E-state index contributed by atoms with van der Waals surface area (Å²) >= 11 is 0. The lowest BCUT2D eigenvalue weighted by molar-refractivity contribution is 0.0951. The number of para-hydroxylation sites is 1. The fourth-order valence-electron chi connectivity index (χ4n) is 2.29. The number of carbonyl (C=O) groups is 1. The fourth-order valence-corrected chi connectivity index (χ4v) is 2.29. The molecule has 21 heavy (non-hydrogen) atoms. The number of hydrogen-bond donors (Lipinski definition) is 1. The van der Waals surface area contributed by atoms with Gasteiger partial charge in [0.05, 0.1) is 5.52 Å². The van der Waals surface area contributed by atoms with Crippen molar-refractivity contribution in [3.8, 4) is 0 Å². The highest BCUT2D eigenvalue weighted by molar-refractivity contribution is 5.94. The number of amides is 1. The zero-order valence-corrected chi connectivity index (χ0v) is 11.8. The maximum Gasteiger partial charge on any atom is 0.251 e. The van der Waals surface area contributed by atoms with Gasteiger partial charge in [0, 0.05) is 23.7 Å². The van der Waals surface area contributed by atoms with E-state index >= 15 is 0 Å². The molecule has 0 aliphatic heterocycles. The SMILES string of the molecule is Cc1ccc(C(=O)NCc2cccc3cccnc23)cc1. The first-order valence-corrected chi connectivity index (χ1v) is 6.91. The lowest BCUT2D eigenvalue weighted by atomic mass is 10.1. The van der Waals surface area contributed by atoms with Crippen molar-refractivity contribution in [3.05, 3.63) is 77.5 Å². The Labute approximate surface area is 123 Å². The average Bonchev–Trinajstić information content (AvgIpc) is 2.53. The average molecular weight is 276 g/mol. The van der Waals surface area contributed by atoms with Crippen LogP contribution in [0.5, 0.6) is 0 Å². The lowest BCUT2D eigenvalue weighted by Crippen LogP contribution is -2.22. The number of carbonyl (C=O) groups excluding carboxylic acids is 1. The van der Waals surface area contributed by atoms with E-state index in [9.17, 15) is 4.79 Å². The Morgan fingerprint density at radius 3 is 2.62 bits per heavy atom. The molecule has 0 unspecified atom stereocenters. The summed E-state index contributed by atoms with van der Waals surface area (Å²) in [4.78, 5) is 16.5. The largest absolute Gasteiger partial charge is 0.348 e. The highest BCUT2D eigenvalue weighted by atomic mass is 16.1. The van der Waals surface area contributed by atoms with Crippen molar-refractivity contribution in [2.75, 3.05) is 0 Å². The second-order valence-electron chi connectivity index (χ2n) is 5.04. The number of pyridine rings is 1. The minimum absolute atomic E-state index is 0.0667. The number of nitrogens with one attached hydrogen (secondary N) is 1. The van der Waals surface area contributed by atoms with Crippen LogP contribution in [0.2, 0.25) is 0 Å². The number of fused-ring (bicyclic) bond motifs is 1.